The molecule has 0 aliphatic rings. The number of amides is 2. The van der Waals surface area contributed by atoms with Crippen molar-refractivity contribution in [2.45, 2.75) is 6.92 Å². The molecule has 0 heterocycles. The molecule has 2 amide bonds. The second-order valence-corrected chi connectivity index (χ2v) is 5.23. The van der Waals surface area contributed by atoms with Crippen molar-refractivity contribution in [2.24, 2.45) is 0 Å². The molecule has 2 rings (SSSR count). The summed E-state index contributed by atoms with van der Waals surface area (Å²) in [6, 6.07) is 12.5. The number of carbonyl (C=O) groups is 2. The van der Waals surface area contributed by atoms with E-state index in [0.29, 0.717) is 17.0 Å². The van der Waals surface area contributed by atoms with Crippen LogP contribution in [0.3, 0.4) is 0 Å². The van der Waals surface area contributed by atoms with Crippen molar-refractivity contribution in [1.29, 1.82) is 0 Å². The fourth-order valence-corrected chi connectivity index (χ4v) is 2.22. The van der Waals surface area contributed by atoms with Crippen molar-refractivity contribution in [1.82, 2.24) is 5.32 Å². The average molecular weight is 324 g/mol. The van der Waals surface area contributed by atoms with Gasteiger partial charge in [0.05, 0.1) is 7.11 Å². The zero-order valence-electron chi connectivity index (χ0n) is 13.9. The van der Waals surface area contributed by atoms with E-state index in [-0.39, 0.29) is 11.8 Å². The minimum atomic E-state index is -0.285. The minimum absolute atomic E-state index is 0.203. The number of hydrogen-bond donors (Lipinski definition) is 2. The maximum Gasteiger partial charge on any atom is 0.251 e. The van der Waals surface area contributed by atoms with Crippen LogP contribution in [0.2, 0.25) is 0 Å². The summed E-state index contributed by atoms with van der Waals surface area (Å²) in [5, 5.41) is 5.28. The van der Waals surface area contributed by atoms with E-state index in [4.69, 9.17) is 4.74 Å². The van der Waals surface area contributed by atoms with E-state index in [0.717, 1.165) is 11.1 Å². The highest BCUT2D eigenvalue weighted by molar-refractivity contribution is 6.03. The minimum Gasteiger partial charge on any atom is -0.496 e. The molecule has 2 aromatic carbocycles. The summed E-state index contributed by atoms with van der Waals surface area (Å²) in [5.41, 5.74) is 2.95. The molecule has 0 bridgehead atoms. The van der Waals surface area contributed by atoms with Crippen LogP contribution in [0.25, 0.3) is 6.08 Å². The Balaban J connectivity index is 2.11. The Morgan fingerprint density at radius 1 is 1.12 bits per heavy atom. The zero-order chi connectivity index (χ0) is 17.5. The predicted molar refractivity (Wildman–Crippen MR) is 95.2 cm³/mol. The van der Waals surface area contributed by atoms with Crippen LogP contribution in [0.5, 0.6) is 5.75 Å². The van der Waals surface area contributed by atoms with Gasteiger partial charge in [-0.25, -0.2) is 0 Å². The van der Waals surface area contributed by atoms with Crippen molar-refractivity contribution in [3.05, 3.63) is 65.2 Å². The summed E-state index contributed by atoms with van der Waals surface area (Å²) >= 11 is 0. The number of rotatable bonds is 5. The molecule has 5 nitrogen and oxygen atoms in total. The summed E-state index contributed by atoms with van der Waals surface area (Å²) in [6.45, 7) is 1.97. The third kappa shape index (κ3) is 4.46. The number of ether oxygens (including phenoxy) is 1. The van der Waals surface area contributed by atoms with Crippen LogP contribution < -0.4 is 15.4 Å². The second kappa shape index (κ2) is 7.97. The van der Waals surface area contributed by atoms with Crippen LogP contribution in [-0.2, 0) is 4.79 Å². The van der Waals surface area contributed by atoms with Gasteiger partial charge in [0.1, 0.15) is 5.75 Å². The van der Waals surface area contributed by atoms with Gasteiger partial charge >= 0.3 is 0 Å². The Bertz CT molecular complexity index is 782. The van der Waals surface area contributed by atoms with E-state index in [9.17, 15) is 9.59 Å². The number of aryl methyl sites for hydroxylation is 1. The molecule has 5 heteroatoms. The number of hydrogen-bond acceptors (Lipinski definition) is 3. The van der Waals surface area contributed by atoms with Gasteiger partial charge in [-0.2, -0.15) is 0 Å². The van der Waals surface area contributed by atoms with Gasteiger partial charge in [-0.1, -0.05) is 17.7 Å². The topological polar surface area (TPSA) is 67.4 Å². The summed E-state index contributed by atoms with van der Waals surface area (Å²) in [7, 11) is 3.15. The quantitative estimate of drug-likeness (QED) is 0.831. The lowest BCUT2D eigenvalue weighted by Gasteiger charge is -2.06. The van der Waals surface area contributed by atoms with Gasteiger partial charge in [0.2, 0.25) is 5.91 Å². The lowest BCUT2D eigenvalue weighted by Crippen LogP contribution is -2.18. The predicted octanol–water partition coefficient (Wildman–Crippen LogP) is 3.02. The third-order valence-corrected chi connectivity index (χ3v) is 3.42. The van der Waals surface area contributed by atoms with Crippen molar-refractivity contribution >= 4 is 23.6 Å². The molecule has 0 saturated heterocycles. The number of carbonyl (C=O) groups excluding carboxylic acids is 2. The Morgan fingerprint density at radius 2 is 1.92 bits per heavy atom. The number of nitrogens with one attached hydrogen (secondary N) is 2. The SMILES string of the molecule is CNC(=O)c1cccc(NC(=O)C=Cc2cc(C)ccc2OC)c1. The van der Waals surface area contributed by atoms with E-state index in [1.54, 1.807) is 44.5 Å². The van der Waals surface area contributed by atoms with E-state index in [2.05, 4.69) is 10.6 Å². The summed E-state index contributed by atoms with van der Waals surface area (Å²) in [4.78, 5) is 23.7. The van der Waals surface area contributed by atoms with Gasteiger partial charge in [0.25, 0.3) is 5.91 Å². The Kier molecular flexibility index (Phi) is 5.73. The smallest absolute Gasteiger partial charge is 0.251 e. The lowest BCUT2D eigenvalue weighted by atomic mass is 10.1. The van der Waals surface area contributed by atoms with E-state index >= 15 is 0 Å². The summed E-state index contributed by atoms with van der Waals surface area (Å²) in [6.07, 6.45) is 3.13. The number of methoxy groups -OCH3 is 1. The normalized spacial score (nSPS) is 10.5. The first-order valence-corrected chi connectivity index (χ1v) is 7.49. The highest BCUT2D eigenvalue weighted by Crippen LogP contribution is 2.21. The van der Waals surface area contributed by atoms with Crippen LogP contribution >= 0.6 is 0 Å². The van der Waals surface area contributed by atoms with Gasteiger partial charge in [0.15, 0.2) is 0 Å². The number of anilines is 1. The molecule has 124 valence electrons. The maximum absolute atomic E-state index is 12.1. The first-order valence-electron chi connectivity index (χ1n) is 7.49. The molecule has 0 radical (unpaired) electrons. The molecule has 0 spiro atoms. The van der Waals surface area contributed by atoms with Crippen molar-refractivity contribution in [2.75, 3.05) is 19.5 Å². The molecule has 0 fully saturated rings. The van der Waals surface area contributed by atoms with Gasteiger partial charge in [-0.05, 0) is 43.3 Å². The van der Waals surface area contributed by atoms with E-state index in [1.165, 1.54) is 6.08 Å². The largest absolute Gasteiger partial charge is 0.496 e. The molecule has 0 saturated carbocycles. The lowest BCUT2D eigenvalue weighted by molar-refractivity contribution is -0.111. The van der Waals surface area contributed by atoms with Gasteiger partial charge < -0.3 is 15.4 Å². The first-order chi connectivity index (χ1) is 11.5. The van der Waals surface area contributed by atoms with Crippen LogP contribution in [-0.4, -0.2) is 26.0 Å². The van der Waals surface area contributed by atoms with Crippen molar-refractivity contribution < 1.29 is 14.3 Å². The molecule has 0 aromatic heterocycles. The van der Waals surface area contributed by atoms with E-state index in [1.807, 2.05) is 25.1 Å². The van der Waals surface area contributed by atoms with Crippen LogP contribution in [0.4, 0.5) is 5.69 Å². The van der Waals surface area contributed by atoms with Crippen molar-refractivity contribution in [3.8, 4) is 5.75 Å². The molecular formula is C19H20N2O3. The van der Waals surface area contributed by atoms with Crippen molar-refractivity contribution in [3.63, 3.8) is 0 Å². The van der Waals surface area contributed by atoms with Crippen LogP contribution in [0.15, 0.2) is 48.5 Å². The summed E-state index contributed by atoms with van der Waals surface area (Å²) < 4.78 is 5.28. The van der Waals surface area contributed by atoms with Gasteiger partial charge in [0, 0.05) is 29.9 Å². The second-order valence-electron chi connectivity index (χ2n) is 5.23. The molecular weight excluding hydrogens is 304 g/mol. The highest BCUT2D eigenvalue weighted by Gasteiger charge is 2.05. The van der Waals surface area contributed by atoms with Crippen LogP contribution in [0, 0.1) is 6.92 Å². The molecule has 0 aliphatic heterocycles. The third-order valence-electron chi connectivity index (χ3n) is 3.42. The molecule has 0 unspecified atom stereocenters. The average Bonchev–Trinajstić information content (AvgIpc) is 2.59. The van der Waals surface area contributed by atoms with E-state index < -0.39 is 0 Å². The zero-order valence-corrected chi connectivity index (χ0v) is 13.9. The number of benzene rings is 2. The van der Waals surface area contributed by atoms with Crippen LogP contribution in [0.1, 0.15) is 21.5 Å². The summed E-state index contributed by atoms with van der Waals surface area (Å²) in [5.74, 6) is 0.213. The fourth-order valence-electron chi connectivity index (χ4n) is 2.22. The van der Waals surface area contributed by atoms with Gasteiger partial charge in [-0.3, -0.25) is 9.59 Å². The fraction of sp³-hybridized carbons (Fsp3) is 0.158. The van der Waals surface area contributed by atoms with Gasteiger partial charge in [-0.15, -0.1) is 0 Å². The monoisotopic (exact) mass is 324 g/mol. The first kappa shape index (κ1) is 17.3. The standard InChI is InChI=1S/C19H20N2O3/c1-13-7-9-17(24-3)14(11-13)8-10-18(22)21-16-6-4-5-15(12-16)19(23)20-2/h4-12H,1-3H3,(H,20,23)(H,21,22). The molecule has 2 N–H and O–H groups in total. The molecule has 24 heavy (non-hydrogen) atoms. The molecule has 0 aliphatic carbocycles. The maximum atomic E-state index is 12.1. The molecule has 2 aromatic rings. The Morgan fingerprint density at radius 3 is 2.62 bits per heavy atom. The highest BCUT2D eigenvalue weighted by atomic mass is 16.5. The molecule has 0 atom stereocenters. The Labute approximate surface area is 141 Å². The Hall–Kier alpha value is -3.08.